The molecule has 26 heavy (non-hydrogen) atoms. The van der Waals surface area contributed by atoms with E-state index in [-0.39, 0.29) is 5.82 Å². The van der Waals surface area contributed by atoms with Crippen molar-refractivity contribution in [3.8, 4) is 5.75 Å². The molecule has 2 unspecified atom stereocenters. The van der Waals surface area contributed by atoms with E-state index in [0.29, 0.717) is 18.9 Å². The third-order valence-corrected chi connectivity index (χ3v) is 5.25. The smallest absolute Gasteiger partial charge is 0.227 e. The number of nitrogens with one attached hydrogen (secondary N) is 1. The van der Waals surface area contributed by atoms with Crippen molar-refractivity contribution in [3.63, 3.8) is 0 Å². The van der Waals surface area contributed by atoms with Crippen LogP contribution in [0.15, 0.2) is 24.4 Å². The first-order valence-electron chi connectivity index (χ1n) is 9.43. The zero-order valence-electron chi connectivity index (χ0n) is 15.3. The molecule has 0 spiro atoms. The monoisotopic (exact) mass is 356 g/mol. The Morgan fingerprint density at radius 2 is 2.08 bits per heavy atom. The lowest BCUT2D eigenvalue weighted by Gasteiger charge is -2.19. The maximum Gasteiger partial charge on any atom is 0.227 e. The molecule has 2 heterocycles. The molecule has 0 radical (unpaired) electrons. The summed E-state index contributed by atoms with van der Waals surface area (Å²) in [5.41, 5.74) is 1.93. The second-order valence-corrected chi connectivity index (χ2v) is 7.11. The molecular formula is C20H25FN4O. The Hall–Kier alpha value is -2.37. The van der Waals surface area contributed by atoms with Gasteiger partial charge in [-0.2, -0.15) is 4.98 Å². The van der Waals surface area contributed by atoms with Gasteiger partial charge in [-0.25, -0.2) is 9.37 Å². The Kier molecular flexibility index (Phi) is 4.66. The van der Waals surface area contributed by atoms with E-state index in [2.05, 4.69) is 22.1 Å². The molecule has 5 nitrogen and oxygen atoms in total. The van der Waals surface area contributed by atoms with Gasteiger partial charge in [-0.05, 0) is 49.3 Å². The normalized spacial score (nSPS) is 20.8. The summed E-state index contributed by atoms with van der Waals surface area (Å²) in [4.78, 5) is 11.6. The van der Waals surface area contributed by atoms with E-state index in [1.165, 1.54) is 12.5 Å². The first-order valence-corrected chi connectivity index (χ1v) is 9.43. The number of fused-ring (bicyclic) bond motifs is 1. The van der Waals surface area contributed by atoms with Gasteiger partial charge in [-0.3, -0.25) is 0 Å². The molecular weight excluding hydrogens is 331 g/mol. The summed E-state index contributed by atoms with van der Waals surface area (Å²) in [6.45, 7) is 7.04. The van der Waals surface area contributed by atoms with Crippen molar-refractivity contribution in [1.82, 2.24) is 9.97 Å². The van der Waals surface area contributed by atoms with Crippen molar-refractivity contribution in [2.75, 3.05) is 29.9 Å². The quantitative estimate of drug-likeness (QED) is 0.821. The largest absolute Gasteiger partial charge is 0.491 e. The number of ether oxygens (including phenoxy) is 1. The third-order valence-electron chi connectivity index (χ3n) is 5.25. The Morgan fingerprint density at radius 3 is 2.77 bits per heavy atom. The van der Waals surface area contributed by atoms with Crippen molar-refractivity contribution in [1.29, 1.82) is 0 Å². The van der Waals surface area contributed by atoms with E-state index in [4.69, 9.17) is 9.72 Å². The van der Waals surface area contributed by atoms with Crippen LogP contribution >= 0.6 is 0 Å². The minimum absolute atomic E-state index is 0.294. The SMILES string of the molecule is CCOc1ccc(CNc2nc(N3CC4CC4C3)ncc2CC)cc1F. The highest BCUT2D eigenvalue weighted by molar-refractivity contribution is 5.49. The van der Waals surface area contributed by atoms with Crippen molar-refractivity contribution >= 4 is 11.8 Å². The molecule has 1 saturated carbocycles. The van der Waals surface area contributed by atoms with Crippen LogP contribution in [0.4, 0.5) is 16.2 Å². The van der Waals surface area contributed by atoms with Crippen LogP contribution in [0.25, 0.3) is 0 Å². The highest BCUT2D eigenvalue weighted by atomic mass is 19.1. The minimum atomic E-state index is -0.332. The Morgan fingerprint density at radius 1 is 1.27 bits per heavy atom. The molecule has 0 bridgehead atoms. The van der Waals surface area contributed by atoms with Gasteiger partial charge in [0, 0.05) is 31.4 Å². The fraction of sp³-hybridized carbons (Fsp3) is 0.500. The average molecular weight is 356 g/mol. The number of hydrogen-bond acceptors (Lipinski definition) is 5. The van der Waals surface area contributed by atoms with Crippen molar-refractivity contribution in [3.05, 3.63) is 41.3 Å². The fourth-order valence-corrected chi connectivity index (χ4v) is 3.64. The zero-order valence-corrected chi connectivity index (χ0v) is 15.3. The standard InChI is InChI=1S/C20H25FN4O/c1-3-14-10-23-20(25-11-15-8-16(15)12-25)24-19(14)22-9-13-5-6-18(26-4-2)17(21)7-13/h5-7,10,15-16H,3-4,8-9,11-12H2,1-2H3,(H,22,23,24). The summed E-state index contributed by atoms with van der Waals surface area (Å²) in [6.07, 6.45) is 4.12. The van der Waals surface area contributed by atoms with Crippen LogP contribution in [0.3, 0.4) is 0 Å². The maximum absolute atomic E-state index is 14.0. The van der Waals surface area contributed by atoms with Crippen molar-refractivity contribution in [2.24, 2.45) is 11.8 Å². The predicted molar refractivity (Wildman–Crippen MR) is 100 cm³/mol. The number of nitrogens with zero attached hydrogens (tertiary/aromatic N) is 3. The van der Waals surface area contributed by atoms with Gasteiger partial charge in [0.15, 0.2) is 11.6 Å². The van der Waals surface area contributed by atoms with Crippen LogP contribution < -0.4 is 15.0 Å². The highest BCUT2D eigenvalue weighted by Crippen LogP contribution is 2.45. The van der Waals surface area contributed by atoms with Crippen LogP contribution in [-0.4, -0.2) is 29.7 Å². The van der Waals surface area contributed by atoms with E-state index in [0.717, 1.165) is 54.2 Å². The molecule has 2 fully saturated rings. The summed E-state index contributed by atoms with van der Waals surface area (Å²) < 4.78 is 19.3. The first kappa shape index (κ1) is 17.1. The fourth-order valence-electron chi connectivity index (χ4n) is 3.64. The van der Waals surface area contributed by atoms with Crippen molar-refractivity contribution < 1.29 is 9.13 Å². The van der Waals surface area contributed by atoms with Crippen molar-refractivity contribution in [2.45, 2.75) is 33.2 Å². The molecule has 1 aliphatic heterocycles. The molecule has 0 amide bonds. The molecule has 2 aromatic rings. The molecule has 6 heteroatoms. The second-order valence-electron chi connectivity index (χ2n) is 7.11. The van der Waals surface area contributed by atoms with E-state index in [9.17, 15) is 4.39 Å². The Labute approximate surface area is 153 Å². The predicted octanol–water partition coefficient (Wildman–Crippen LogP) is 3.65. The third kappa shape index (κ3) is 3.45. The van der Waals surface area contributed by atoms with E-state index >= 15 is 0 Å². The number of halogens is 1. The summed E-state index contributed by atoms with van der Waals surface area (Å²) in [7, 11) is 0. The van der Waals surface area contributed by atoms with Gasteiger partial charge >= 0.3 is 0 Å². The number of rotatable bonds is 7. The van der Waals surface area contributed by atoms with Gasteiger partial charge in [0.25, 0.3) is 0 Å². The lowest BCUT2D eigenvalue weighted by atomic mass is 10.2. The lowest BCUT2D eigenvalue weighted by Crippen LogP contribution is -2.24. The number of piperidine rings is 1. The number of anilines is 2. The van der Waals surface area contributed by atoms with Crippen LogP contribution in [-0.2, 0) is 13.0 Å². The molecule has 1 aromatic carbocycles. The topological polar surface area (TPSA) is 50.3 Å². The maximum atomic E-state index is 14.0. The molecule has 1 aromatic heterocycles. The van der Waals surface area contributed by atoms with Gasteiger partial charge in [-0.15, -0.1) is 0 Å². The van der Waals surface area contributed by atoms with Crippen LogP contribution in [0.1, 0.15) is 31.4 Å². The molecule has 2 atom stereocenters. The van der Waals surface area contributed by atoms with Crippen LogP contribution in [0, 0.1) is 17.7 Å². The second kappa shape index (κ2) is 7.09. The zero-order chi connectivity index (χ0) is 18.1. The van der Waals surface area contributed by atoms with Gasteiger partial charge in [-0.1, -0.05) is 13.0 Å². The summed E-state index contributed by atoms with van der Waals surface area (Å²) in [6, 6.07) is 5.07. The molecule has 1 aliphatic carbocycles. The van der Waals surface area contributed by atoms with Gasteiger partial charge in [0.2, 0.25) is 5.95 Å². The van der Waals surface area contributed by atoms with Crippen LogP contribution in [0.2, 0.25) is 0 Å². The number of hydrogen-bond donors (Lipinski definition) is 1. The lowest BCUT2D eigenvalue weighted by molar-refractivity contribution is 0.321. The highest BCUT2D eigenvalue weighted by Gasteiger charge is 2.45. The van der Waals surface area contributed by atoms with Gasteiger partial charge in [0.05, 0.1) is 6.61 Å². The number of benzene rings is 1. The van der Waals surface area contributed by atoms with Crippen LogP contribution in [0.5, 0.6) is 5.75 Å². The minimum Gasteiger partial charge on any atom is -0.491 e. The number of aromatic nitrogens is 2. The van der Waals surface area contributed by atoms with Gasteiger partial charge < -0.3 is 15.0 Å². The van der Waals surface area contributed by atoms with Gasteiger partial charge in [0.1, 0.15) is 5.82 Å². The Balaban J connectivity index is 1.47. The van der Waals surface area contributed by atoms with E-state index < -0.39 is 0 Å². The Bertz CT molecular complexity index is 787. The van der Waals surface area contributed by atoms with E-state index in [1.54, 1.807) is 6.07 Å². The summed E-state index contributed by atoms with van der Waals surface area (Å²) in [5.74, 6) is 3.28. The summed E-state index contributed by atoms with van der Waals surface area (Å²) >= 11 is 0. The average Bonchev–Trinajstić information content (AvgIpc) is 3.27. The molecule has 4 rings (SSSR count). The molecule has 2 aliphatic rings. The molecule has 1 saturated heterocycles. The molecule has 138 valence electrons. The first-order chi connectivity index (χ1) is 12.7. The molecule has 1 N–H and O–H groups in total. The number of aryl methyl sites for hydroxylation is 1. The summed E-state index contributed by atoms with van der Waals surface area (Å²) in [5, 5.41) is 3.36. The van der Waals surface area contributed by atoms with E-state index in [1.807, 2.05) is 19.2 Å².